The van der Waals surface area contributed by atoms with Gasteiger partial charge in [-0.15, -0.1) is 12.4 Å². The lowest BCUT2D eigenvalue weighted by Crippen LogP contribution is -2.36. The predicted octanol–water partition coefficient (Wildman–Crippen LogP) is 3.17. The molecule has 0 saturated carbocycles. The molecule has 5 nitrogen and oxygen atoms in total. The van der Waals surface area contributed by atoms with E-state index in [0.717, 1.165) is 24.6 Å². The average Bonchev–Trinajstić information content (AvgIpc) is 3.21. The summed E-state index contributed by atoms with van der Waals surface area (Å²) in [6.45, 7) is 4.54. The van der Waals surface area contributed by atoms with Gasteiger partial charge >= 0.3 is 0 Å². The van der Waals surface area contributed by atoms with E-state index >= 15 is 0 Å². The standard InChI is InChI=1S/C16H20N2O3.ClH/c1-12-6-7-14(21-12)13(18-8-2-3-9-18)11-17-16(19)15-5-4-10-20-15;/h4-7,10,13H,2-3,8-9,11H2,1H3,(H,17,19);1H. The summed E-state index contributed by atoms with van der Waals surface area (Å²) in [7, 11) is 0. The second-order valence-electron chi connectivity index (χ2n) is 5.39. The summed E-state index contributed by atoms with van der Waals surface area (Å²) in [5.74, 6) is 1.96. The number of hydrogen-bond acceptors (Lipinski definition) is 4. The first-order valence-electron chi connectivity index (χ1n) is 7.36. The largest absolute Gasteiger partial charge is 0.465 e. The van der Waals surface area contributed by atoms with E-state index in [1.165, 1.54) is 19.1 Å². The molecule has 3 rings (SSSR count). The zero-order valence-electron chi connectivity index (χ0n) is 12.6. The molecule has 1 atom stereocenters. The van der Waals surface area contributed by atoms with Crippen molar-refractivity contribution in [1.29, 1.82) is 0 Å². The Kier molecular flexibility index (Phi) is 5.69. The molecular weight excluding hydrogens is 304 g/mol. The SMILES string of the molecule is Cc1ccc(C(CNC(=O)c2ccco2)N2CCCC2)o1.Cl. The van der Waals surface area contributed by atoms with Crippen LogP contribution in [0, 0.1) is 6.92 Å². The zero-order chi connectivity index (χ0) is 14.7. The molecular formula is C16H21ClN2O3. The molecule has 6 heteroatoms. The van der Waals surface area contributed by atoms with Gasteiger partial charge in [-0.2, -0.15) is 0 Å². The first-order chi connectivity index (χ1) is 10.2. The molecule has 22 heavy (non-hydrogen) atoms. The molecule has 0 aromatic carbocycles. The first-order valence-corrected chi connectivity index (χ1v) is 7.36. The third-order valence-electron chi connectivity index (χ3n) is 3.87. The molecule has 1 aliphatic heterocycles. The maximum Gasteiger partial charge on any atom is 0.287 e. The maximum absolute atomic E-state index is 12.0. The van der Waals surface area contributed by atoms with E-state index in [4.69, 9.17) is 8.83 Å². The topological polar surface area (TPSA) is 58.6 Å². The number of amides is 1. The Morgan fingerprint density at radius 2 is 2.09 bits per heavy atom. The van der Waals surface area contributed by atoms with E-state index in [0.29, 0.717) is 12.3 Å². The minimum atomic E-state index is -0.188. The van der Waals surface area contributed by atoms with E-state index in [-0.39, 0.29) is 24.4 Å². The minimum absolute atomic E-state index is 0. The van der Waals surface area contributed by atoms with Gasteiger partial charge in [-0.05, 0) is 57.1 Å². The number of nitrogens with zero attached hydrogens (tertiary/aromatic N) is 1. The number of furan rings is 2. The fraction of sp³-hybridized carbons (Fsp3) is 0.438. The highest BCUT2D eigenvalue weighted by Crippen LogP contribution is 2.26. The van der Waals surface area contributed by atoms with Crippen LogP contribution in [0.1, 0.15) is 41.0 Å². The maximum atomic E-state index is 12.0. The van der Waals surface area contributed by atoms with Gasteiger partial charge in [0.15, 0.2) is 5.76 Å². The summed E-state index contributed by atoms with van der Waals surface area (Å²) in [6.07, 6.45) is 3.90. The Morgan fingerprint density at radius 1 is 1.32 bits per heavy atom. The molecule has 2 aromatic rings. The van der Waals surface area contributed by atoms with E-state index in [1.54, 1.807) is 12.1 Å². The minimum Gasteiger partial charge on any atom is -0.465 e. The van der Waals surface area contributed by atoms with Crippen LogP contribution in [0.15, 0.2) is 39.4 Å². The number of halogens is 1. The van der Waals surface area contributed by atoms with Crippen molar-refractivity contribution in [2.24, 2.45) is 0 Å². The Balaban J connectivity index is 0.00000176. The lowest BCUT2D eigenvalue weighted by molar-refractivity contribution is 0.0906. The molecule has 0 aliphatic carbocycles. The van der Waals surface area contributed by atoms with E-state index < -0.39 is 0 Å². The summed E-state index contributed by atoms with van der Waals surface area (Å²) in [4.78, 5) is 14.4. The lowest BCUT2D eigenvalue weighted by Gasteiger charge is -2.25. The molecule has 1 amide bonds. The number of carbonyl (C=O) groups excluding carboxylic acids is 1. The lowest BCUT2D eigenvalue weighted by atomic mass is 10.2. The molecule has 1 saturated heterocycles. The molecule has 3 heterocycles. The van der Waals surface area contributed by atoms with Crippen molar-refractivity contribution in [2.45, 2.75) is 25.8 Å². The number of rotatable bonds is 5. The number of nitrogens with one attached hydrogen (secondary N) is 1. The van der Waals surface area contributed by atoms with Crippen molar-refractivity contribution < 1.29 is 13.6 Å². The fourth-order valence-electron chi connectivity index (χ4n) is 2.78. The monoisotopic (exact) mass is 324 g/mol. The molecule has 120 valence electrons. The number of hydrogen-bond donors (Lipinski definition) is 1. The van der Waals surface area contributed by atoms with Crippen molar-refractivity contribution in [3.8, 4) is 0 Å². The number of aryl methyl sites for hydroxylation is 1. The Morgan fingerprint density at radius 3 is 2.68 bits per heavy atom. The molecule has 1 aliphatic rings. The van der Waals surface area contributed by atoms with Crippen LogP contribution in [0.3, 0.4) is 0 Å². The van der Waals surface area contributed by atoms with Gasteiger partial charge in [0.1, 0.15) is 11.5 Å². The van der Waals surface area contributed by atoms with Gasteiger partial charge in [0.2, 0.25) is 0 Å². The van der Waals surface area contributed by atoms with Crippen molar-refractivity contribution in [3.05, 3.63) is 47.8 Å². The fourth-order valence-corrected chi connectivity index (χ4v) is 2.78. The third-order valence-corrected chi connectivity index (χ3v) is 3.87. The van der Waals surface area contributed by atoms with E-state index in [9.17, 15) is 4.79 Å². The second-order valence-corrected chi connectivity index (χ2v) is 5.39. The van der Waals surface area contributed by atoms with Crippen LogP contribution in [0.25, 0.3) is 0 Å². The summed E-state index contributed by atoms with van der Waals surface area (Å²) in [6, 6.07) is 7.42. The summed E-state index contributed by atoms with van der Waals surface area (Å²) in [5, 5.41) is 2.94. The summed E-state index contributed by atoms with van der Waals surface area (Å²) >= 11 is 0. The quantitative estimate of drug-likeness (QED) is 0.917. The van der Waals surface area contributed by atoms with Gasteiger partial charge in [0.25, 0.3) is 5.91 Å². The highest BCUT2D eigenvalue weighted by molar-refractivity contribution is 5.91. The van der Waals surface area contributed by atoms with Gasteiger partial charge in [-0.1, -0.05) is 0 Å². The highest BCUT2D eigenvalue weighted by atomic mass is 35.5. The average molecular weight is 325 g/mol. The number of likely N-dealkylation sites (tertiary alicyclic amines) is 1. The van der Waals surface area contributed by atoms with E-state index in [2.05, 4.69) is 10.2 Å². The molecule has 0 spiro atoms. The zero-order valence-corrected chi connectivity index (χ0v) is 13.4. The Labute approximate surface area is 136 Å². The van der Waals surface area contributed by atoms with Crippen LogP contribution in [-0.4, -0.2) is 30.4 Å². The van der Waals surface area contributed by atoms with Gasteiger partial charge in [-0.25, -0.2) is 0 Å². The van der Waals surface area contributed by atoms with Gasteiger partial charge < -0.3 is 14.2 Å². The highest BCUT2D eigenvalue weighted by Gasteiger charge is 2.26. The number of carbonyl (C=O) groups is 1. The molecule has 1 unspecified atom stereocenters. The Hall–Kier alpha value is -1.72. The van der Waals surface area contributed by atoms with Crippen LogP contribution in [0.5, 0.6) is 0 Å². The second kappa shape index (κ2) is 7.51. The third kappa shape index (κ3) is 3.72. The van der Waals surface area contributed by atoms with Gasteiger partial charge in [0.05, 0.1) is 12.3 Å². The van der Waals surface area contributed by atoms with Crippen molar-refractivity contribution >= 4 is 18.3 Å². The van der Waals surface area contributed by atoms with Crippen LogP contribution >= 0.6 is 12.4 Å². The van der Waals surface area contributed by atoms with Crippen molar-refractivity contribution in [2.75, 3.05) is 19.6 Å². The normalized spacial score (nSPS) is 16.2. The van der Waals surface area contributed by atoms with Crippen molar-refractivity contribution in [1.82, 2.24) is 10.2 Å². The van der Waals surface area contributed by atoms with Crippen LogP contribution in [-0.2, 0) is 0 Å². The molecule has 1 fully saturated rings. The molecule has 1 N–H and O–H groups in total. The first kappa shape index (κ1) is 16.6. The van der Waals surface area contributed by atoms with E-state index in [1.807, 2.05) is 19.1 Å². The smallest absolute Gasteiger partial charge is 0.287 e. The van der Waals surface area contributed by atoms with Gasteiger partial charge in [0, 0.05) is 6.54 Å². The predicted molar refractivity (Wildman–Crippen MR) is 85.3 cm³/mol. The summed E-state index contributed by atoms with van der Waals surface area (Å²) in [5.41, 5.74) is 0. The van der Waals surface area contributed by atoms with Crippen LogP contribution in [0.2, 0.25) is 0 Å². The summed E-state index contributed by atoms with van der Waals surface area (Å²) < 4.78 is 10.9. The Bertz CT molecular complexity index is 588. The molecule has 0 radical (unpaired) electrons. The van der Waals surface area contributed by atoms with Crippen molar-refractivity contribution in [3.63, 3.8) is 0 Å². The van der Waals surface area contributed by atoms with Crippen LogP contribution < -0.4 is 5.32 Å². The molecule has 0 bridgehead atoms. The van der Waals surface area contributed by atoms with Gasteiger partial charge in [-0.3, -0.25) is 9.69 Å². The molecule has 2 aromatic heterocycles. The van der Waals surface area contributed by atoms with Crippen LogP contribution in [0.4, 0.5) is 0 Å².